The van der Waals surface area contributed by atoms with Gasteiger partial charge in [-0.2, -0.15) is 0 Å². The normalized spacial score (nSPS) is 12.2. The summed E-state index contributed by atoms with van der Waals surface area (Å²) >= 11 is 0. The van der Waals surface area contributed by atoms with Crippen molar-refractivity contribution in [1.29, 1.82) is 0 Å². The highest BCUT2D eigenvalue weighted by atomic mass is 19.1. The summed E-state index contributed by atoms with van der Waals surface area (Å²) in [7, 11) is 1.52. The Kier molecular flexibility index (Phi) is 4.60. The second-order valence-corrected chi connectivity index (χ2v) is 4.29. The van der Waals surface area contributed by atoms with Crippen molar-refractivity contribution >= 4 is 0 Å². The zero-order chi connectivity index (χ0) is 14.5. The Morgan fingerprint density at radius 1 is 1.30 bits per heavy atom. The van der Waals surface area contributed by atoms with E-state index in [0.717, 1.165) is 6.07 Å². The predicted molar refractivity (Wildman–Crippen MR) is 70.9 cm³/mol. The van der Waals surface area contributed by atoms with Gasteiger partial charge in [-0.1, -0.05) is 0 Å². The van der Waals surface area contributed by atoms with Crippen LogP contribution in [0.2, 0.25) is 0 Å². The average molecular weight is 279 g/mol. The highest BCUT2D eigenvalue weighted by Crippen LogP contribution is 2.25. The first-order valence-corrected chi connectivity index (χ1v) is 6.04. The molecule has 1 heterocycles. The summed E-state index contributed by atoms with van der Waals surface area (Å²) in [6, 6.07) is 6.44. The van der Waals surface area contributed by atoms with E-state index in [2.05, 4.69) is 10.4 Å². The van der Waals surface area contributed by atoms with E-state index in [9.17, 15) is 8.78 Å². The molecule has 6 heteroatoms. The fourth-order valence-electron chi connectivity index (χ4n) is 2.04. The first kappa shape index (κ1) is 14.4. The molecule has 20 heavy (non-hydrogen) atoms. The summed E-state index contributed by atoms with van der Waals surface area (Å²) in [6.45, 7) is 0. The Morgan fingerprint density at radius 3 is 2.60 bits per heavy atom. The lowest BCUT2D eigenvalue weighted by atomic mass is 10.0. The summed E-state index contributed by atoms with van der Waals surface area (Å²) in [5.41, 5.74) is 3.66. The zero-order valence-corrected chi connectivity index (χ0v) is 10.9. The SMILES string of the molecule is COc1cccnc1C(Cc1cc(F)cc(F)c1)NN. The zero-order valence-electron chi connectivity index (χ0n) is 10.9. The van der Waals surface area contributed by atoms with E-state index in [0.29, 0.717) is 23.4 Å². The number of nitrogens with one attached hydrogen (secondary N) is 1. The van der Waals surface area contributed by atoms with Crippen molar-refractivity contribution in [3.05, 3.63) is 59.4 Å². The van der Waals surface area contributed by atoms with Gasteiger partial charge in [0.25, 0.3) is 0 Å². The topological polar surface area (TPSA) is 60.2 Å². The Balaban J connectivity index is 2.28. The van der Waals surface area contributed by atoms with Crippen molar-refractivity contribution in [3.63, 3.8) is 0 Å². The Hall–Kier alpha value is -2.05. The number of benzene rings is 1. The second kappa shape index (κ2) is 6.40. The number of halogens is 2. The van der Waals surface area contributed by atoms with Crippen molar-refractivity contribution in [3.8, 4) is 5.75 Å². The summed E-state index contributed by atoms with van der Waals surface area (Å²) in [5.74, 6) is 4.84. The minimum atomic E-state index is -0.622. The maximum Gasteiger partial charge on any atom is 0.142 e. The van der Waals surface area contributed by atoms with Crippen molar-refractivity contribution in [2.75, 3.05) is 7.11 Å². The number of nitrogens with zero attached hydrogens (tertiary/aromatic N) is 1. The molecular weight excluding hydrogens is 264 g/mol. The van der Waals surface area contributed by atoms with Gasteiger partial charge in [-0.25, -0.2) is 8.78 Å². The molecular formula is C14H15F2N3O. The first-order chi connectivity index (χ1) is 9.63. The molecule has 3 N–H and O–H groups in total. The summed E-state index contributed by atoms with van der Waals surface area (Å²) in [6.07, 6.45) is 1.90. The molecule has 4 nitrogen and oxygen atoms in total. The highest BCUT2D eigenvalue weighted by Gasteiger charge is 2.17. The highest BCUT2D eigenvalue weighted by molar-refractivity contribution is 5.31. The van der Waals surface area contributed by atoms with Gasteiger partial charge in [0.2, 0.25) is 0 Å². The van der Waals surface area contributed by atoms with Gasteiger partial charge in [-0.15, -0.1) is 0 Å². The molecule has 0 aliphatic heterocycles. The molecule has 0 bridgehead atoms. The van der Waals surface area contributed by atoms with Crippen LogP contribution >= 0.6 is 0 Å². The van der Waals surface area contributed by atoms with Crippen LogP contribution in [0.4, 0.5) is 8.78 Å². The van der Waals surface area contributed by atoms with Crippen LogP contribution in [0.1, 0.15) is 17.3 Å². The molecule has 0 amide bonds. The van der Waals surface area contributed by atoms with Crippen LogP contribution in [0.5, 0.6) is 5.75 Å². The molecule has 1 aromatic carbocycles. The molecule has 1 atom stereocenters. The monoisotopic (exact) mass is 279 g/mol. The molecule has 1 aromatic heterocycles. The number of hydrazine groups is 1. The third-order valence-electron chi connectivity index (χ3n) is 2.91. The van der Waals surface area contributed by atoms with Crippen molar-refractivity contribution in [2.24, 2.45) is 5.84 Å². The van der Waals surface area contributed by atoms with Crippen molar-refractivity contribution in [1.82, 2.24) is 10.4 Å². The minimum absolute atomic E-state index is 0.290. The van der Waals surface area contributed by atoms with Gasteiger partial charge in [0, 0.05) is 12.3 Å². The molecule has 0 aliphatic carbocycles. The van der Waals surface area contributed by atoms with Gasteiger partial charge in [-0.3, -0.25) is 16.3 Å². The molecule has 0 saturated carbocycles. The van der Waals surface area contributed by atoms with Gasteiger partial charge in [-0.05, 0) is 36.2 Å². The van der Waals surface area contributed by atoms with Gasteiger partial charge in [0.05, 0.1) is 13.2 Å². The molecule has 1 unspecified atom stereocenters. The lowest BCUT2D eigenvalue weighted by molar-refractivity contribution is 0.394. The average Bonchev–Trinajstić information content (AvgIpc) is 2.43. The maximum atomic E-state index is 13.2. The number of methoxy groups -OCH3 is 1. The minimum Gasteiger partial charge on any atom is -0.495 e. The molecule has 2 aromatic rings. The van der Waals surface area contributed by atoms with Crippen LogP contribution in [0.15, 0.2) is 36.5 Å². The third-order valence-corrected chi connectivity index (χ3v) is 2.91. The van der Waals surface area contributed by atoms with E-state index in [1.165, 1.54) is 19.2 Å². The number of ether oxygens (including phenoxy) is 1. The van der Waals surface area contributed by atoms with E-state index in [1.54, 1.807) is 18.3 Å². The summed E-state index contributed by atoms with van der Waals surface area (Å²) in [4.78, 5) is 4.21. The van der Waals surface area contributed by atoms with Gasteiger partial charge in [0.1, 0.15) is 23.1 Å². The summed E-state index contributed by atoms with van der Waals surface area (Å²) < 4.78 is 31.6. The predicted octanol–water partition coefficient (Wildman–Crippen LogP) is 2.12. The number of rotatable bonds is 5. The molecule has 0 radical (unpaired) electrons. The Labute approximate surface area is 115 Å². The van der Waals surface area contributed by atoms with E-state index in [-0.39, 0.29) is 0 Å². The molecule has 0 fully saturated rings. The van der Waals surface area contributed by atoms with Crippen LogP contribution in [-0.2, 0) is 6.42 Å². The van der Waals surface area contributed by atoms with Crippen LogP contribution in [-0.4, -0.2) is 12.1 Å². The maximum absolute atomic E-state index is 13.2. The van der Waals surface area contributed by atoms with Crippen LogP contribution in [0, 0.1) is 11.6 Å². The van der Waals surface area contributed by atoms with Crippen LogP contribution in [0.3, 0.4) is 0 Å². The quantitative estimate of drug-likeness (QED) is 0.650. The molecule has 2 rings (SSSR count). The Bertz CT molecular complexity index is 572. The van der Waals surface area contributed by atoms with E-state index in [1.807, 2.05) is 0 Å². The number of hydrogen-bond donors (Lipinski definition) is 2. The van der Waals surface area contributed by atoms with Crippen molar-refractivity contribution in [2.45, 2.75) is 12.5 Å². The first-order valence-electron chi connectivity index (χ1n) is 6.04. The van der Waals surface area contributed by atoms with Crippen molar-refractivity contribution < 1.29 is 13.5 Å². The lowest BCUT2D eigenvalue weighted by Gasteiger charge is -2.18. The van der Waals surface area contributed by atoms with E-state index < -0.39 is 17.7 Å². The Morgan fingerprint density at radius 2 is 2.00 bits per heavy atom. The molecule has 0 saturated heterocycles. The lowest BCUT2D eigenvalue weighted by Crippen LogP contribution is -2.30. The molecule has 0 aliphatic rings. The van der Waals surface area contributed by atoms with Crippen LogP contribution in [0.25, 0.3) is 0 Å². The molecule has 106 valence electrons. The fourth-order valence-corrected chi connectivity index (χ4v) is 2.04. The molecule has 0 spiro atoms. The van der Waals surface area contributed by atoms with E-state index >= 15 is 0 Å². The van der Waals surface area contributed by atoms with E-state index in [4.69, 9.17) is 10.6 Å². The number of aromatic nitrogens is 1. The standard InChI is InChI=1S/C14H15F2N3O/c1-20-13-3-2-4-18-14(13)12(19-17)7-9-5-10(15)8-11(16)6-9/h2-6,8,12,19H,7,17H2,1H3. The number of hydrogen-bond acceptors (Lipinski definition) is 4. The van der Waals surface area contributed by atoms with Gasteiger partial charge in [0.15, 0.2) is 0 Å². The smallest absolute Gasteiger partial charge is 0.142 e. The number of nitrogens with two attached hydrogens (primary N) is 1. The third kappa shape index (κ3) is 3.28. The van der Waals surface area contributed by atoms with Gasteiger partial charge >= 0.3 is 0 Å². The second-order valence-electron chi connectivity index (χ2n) is 4.29. The number of pyridine rings is 1. The fraction of sp³-hybridized carbons (Fsp3) is 0.214. The van der Waals surface area contributed by atoms with Crippen LogP contribution < -0.4 is 16.0 Å². The largest absolute Gasteiger partial charge is 0.495 e. The summed E-state index contributed by atoms with van der Waals surface area (Å²) in [5, 5.41) is 0. The van der Waals surface area contributed by atoms with Gasteiger partial charge < -0.3 is 4.74 Å².